The van der Waals surface area contributed by atoms with Gasteiger partial charge in [-0.3, -0.25) is 4.99 Å². The number of benzene rings is 1. The second kappa shape index (κ2) is 13.5. The first-order chi connectivity index (χ1) is 14.2. The lowest BCUT2D eigenvalue weighted by Gasteiger charge is -2.34. The lowest BCUT2D eigenvalue weighted by molar-refractivity contribution is 0.0398. The summed E-state index contributed by atoms with van der Waals surface area (Å²) in [6.45, 7) is 9.86. The van der Waals surface area contributed by atoms with E-state index in [-0.39, 0.29) is 30.1 Å². The zero-order valence-electron chi connectivity index (χ0n) is 19.0. The van der Waals surface area contributed by atoms with Crippen molar-refractivity contribution < 1.29 is 4.74 Å². The number of ether oxygens (including phenoxy) is 1. The molecule has 2 aliphatic rings. The minimum absolute atomic E-state index is 0. The number of aliphatic imine (C=N–C) groups is 1. The number of nitrogens with one attached hydrogen (secondary N) is 2. The molecule has 30 heavy (non-hydrogen) atoms. The smallest absolute Gasteiger partial charge is 0.191 e. The van der Waals surface area contributed by atoms with Gasteiger partial charge in [-0.2, -0.15) is 0 Å². The van der Waals surface area contributed by atoms with Crippen LogP contribution in [0, 0.1) is 5.92 Å². The van der Waals surface area contributed by atoms with E-state index in [1.807, 2.05) is 7.05 Å². The number of aryl methyl sites for hydroxylation is 1. The van der Waals surface area contributed by atoms with E-state index in [0.717, 1.165) is 37.9 Å². The van der Waals surface area contributed by atoms with E-state index < -0.39 is 0 Å². The van der Waals surface area contributed by atoms with E-state index in [0.29, 0.717) is 6.04 Å². The van der Waals surface area contributed by atoms with Gasteiger partial charge in [0.05, 0.1) is 6.10 Å². The van der Waals surface area contributed by atoms with Crippen LogP contribution in [0.2, 0.25) is 0 Å². The van der Waals surface area contributed by atoms with Crippen molar-refractivity contribution >= 4 is 29.9 Å². The minimum Gasteiger partial charge on any atom is -0.373 e. The Morgan fingerprint density at radius 1 is 1.20 bits per heavy atom. The summed E-state index contributed by atoms with van der Waals surface area (Å²) < 4.78 is 6.21. The predicted octanol–water partition coefficient (Wildman–Crippen LogP) is 4.37. The summed E-state index contributed by atoms with van der Waals surface area (Å²) in [5.41, 5.74) is 2.86. The molecule has 0 saturated carbocycles. The number of hydrogen-bond donors (Lipinski definition) is 2. The molecule has 6 heteroatoms. The van der Waals surface area contributed by atoms with Crippen LogP contribution < -0.4 is 10.6 Å². The lowest BCUT2D eigenvalue weighted by Crippen LogP contribution is -2.49. The largest absolute Gasteiger partial charge is 0.373 e. The first-order valence-electron chi connectivity index (χ1n) is 11.5. The maximum absolute atomic E-state index is 6.21. The van der Waals surface area contributed by atoms with Crippen LogP contribution in [0.1, 0.15) is 63.2 Å². The van der Waals surface area contributed by atoms with Crippen LogP contribution in [0.25, 0.3) is 0 Å². The summed E-state index contributed by atoms with van der Waals surface area (Å²) in [7, 11) is 1.86. The van der Waals surface area contributed by atoms with E-state index in [9.17, 15) is 0 Å². The van der Waals surface area contributed by atoms with Gasteiger partial charge in [0.2, 0.25) is 0 Å². The fourth-order valence-electron chi connectivity index (χ4n) is 4.55. The number of fused-ring (bicyclic) bond motifs is 1. The molecule has 1 aromatic rings. The molecule has 3 rings (SSSR count). The Bertz CT molecular complexity index is 644. The maximum Gasteiger partial charge on any atom is 0.191 e. The number of guanidine groups is 1. The molecule has 1 saturated heterocycles. The van der Waals surface area contributed by atoms with Crippen molar-refractivity contribution in [2.75, 3.05) is 39.8 Å². The second-order valence-electron chi connectivity index (χ2n) is 8.92. The summed E-state index contributed by atoms with van der Waals surface area (Å²) in [4.78, 5) is 6.99. The summed E-state index contributed by atoms with van der Waals surface area (Å²) in [5, 5.41) is 7.07. The van der Waals surface area contributed by atoms with Crippen LogP contribution in [-0.2, 0) is 11.2 Å². The molecule has 1 fully saturated rings. The Morgan fingerprint density at radius 3 is 2.70 bits per heavy atom. The lowest BCUT2D eigenvalue weighted by atomic mass is 9.89. The van der Waals surface area contributed by atoms with Gasteiger partial charge < -0.3 is 20.3 Å². The molecule has 0 amide bonds. The predicted molar refractivity (Wildman–Crippen MR) is 137 cm³/mol. The topological polar surface area (TPSA) is 48.9 Å². The summed E-state index contributed by atoms with van der Waals surface area (Å²) in [6, 6.07) is 9.27. The van der Waals surface area contributed by atoms with Gasteiger partial charge in [0, 0.05) is 45.9 Å². The monoisotopic (exact) mass is 528 g/mol. The van der Waals surface area contributed by atoms with Crippen molar-refractivity contribution in [1.29, 1.82) is 0 Å². The molecule has 2 N–H and O–H groups in total. The fraction of sp³-hybridized carbons (Fsp3) is 0.708. The highest BCUT2D eigenvalue weighted by Gasteiger charge is 2.21. The molecule has 0 spiro atoms. The van der Waals surface area contributed by atoms with Gasteiger partial charge in [0.15, 0.2) is 5.96 Å². The average Bonchev–Trinajstić information content (AvgIpc) is 2.73. The highest BCUT2D eigenvalue weighted by Crippen LogP contribution is 2.32. The van der Waals surface area contributed by atoms with Gasteiger partial charge in [0.25, 0.3) is 0 Å². The summed E-state index contributed by atoms with van der Waals surface area (Å²) >= 11 is 0. The average molecular weight is 529 g/mol. The molecule has 1 heterocycles. The van der Waals surface area contributed by atoms with E-state index in [4.69, 9.17) is 4.74 Å². The third-order valence-electron chi connectivity index (χ3n) is 6.02. The Labute approximate surface area is 200 Å². The molecular weight excluding hydrogens is 487 g/mol. The molecule has 1 atom stereocenters. The van der Waals surface area contributed by atoms with Gasteiger partial charge in [0.1, 0.15) is 0 Å². The molecule has 5 nitrogen and oxygen atoms in total. The quantitative estimate of drug-likeness (QED) is 0.228. The Morgan fingerprint density at radius 2 is 1.97 bits per heavy atom. The van der Waals surface area contributed by atoms with Crippen molar-refractivity contribution in [2.45, 2.75) is 64.5 Å². The Balaban J connectivity index is 0.00000320. The van der Waals surface area contributed by atoms with Gasteiger partial charge in [-0.1, -0.05) is 38.1 Å². The number of likely N-dealkylation sites (tertiary alicyclic amines) is 1. The molecule has 1 aromatic carbocycles. The first kappa shape index (κ1) is 25.4. The van der Waals surface area contributed by atoms with Crippen LogP contribution in [0.15, 0.2) is 29.3 Å². The van der Waals surface area contributed by atoms with Gasteiger partial charge in [-0.15, -0.1) is 24.0 Å². The molecule has 0 radical (unpaired) electrons. The molecule has 170 valence electrons. The van der Waals surface area contributed by atoms with Crippen LogP contribution in [0.4, 0.5) is 0 Å². The van der Waals surface area contributed by atoms with E-state index in [2.05, 4.69) is 58.6 Å². The highest BCUT2D eigenvalue weighted by molar-refractivity contribution is 14.0. The number of piperidine rings is 1. The molecule has 0 bridgehead atoms. The van der Waals surface area contributed by atoms with Crippen molar-refractivity contribution in [3.63, 3.8) is 0 Å². The van der Waals surface area contributed by atoms with E-state index in [1.54, 1.807) is 0 Å². The molecule has 1 aliphatic carbocycles. The normalized spacial score (nSPS) is 20.5. The van der Waals surface area contributed by atoms with Crippen molar-refractivity contribution in [2.24, 2.45) is 10.9 Å². The Kier molecular flexibility index (Phi) is 11.5. The zero-order valence-corrected chi connectivity index (χ0v) is 21.4. The van der Waals surface area contributed by atoms with Crippen LogP contribution in [-0.4, -0.2) is 56.7 Å². The minimum atomic E-state index is 0. The standard InChI is InChI=1S/C24H40N4O.HI/c1-19(2)18-28-15-12-21(13-16-28)27-24(25-3)26-14-7-17-29-23-11-6-9-20-8-4-5-10-22(20)23;/h4-5,8,10,19,21,23H,6-7,9,11-18H2,1-3H3,(H2,25,26,27);1H. The fourth-order valence-corrected chi connectivity index (χ4v) is 4.55. The molecule has 0 aromatic heterocycles. The molecule has 1 unspecified atom stereocenters. The van der Waals surface area contributed by atoms with E-state index >= 15 is 0 Å². The summed E-state index contributed by atoms with van der Waals surface area (Å²) in [5.74, 6) is 1.67. The van der Waals surface area contributed by atoms with Crippen molar-refractivity contribution in [3.05, 3.63) is 35.4 Å². The van der Waals surface area contributed by atoms with Gasteiger partial charge in [-0.05, 0) is 55.6 Å². The van der Waals surface area contributed by atoms with Crippen molar-refractivity contribution in [3.8, 4) is 0 Å². The highest BCUT2D eigenvalue weighted by atomic mass is 127. The molecular formula is C24H41IN4O. The third kappa shape index (κ3) is 8.00. The third-order valence-corrected chi connectivity index (χ3v) is 6.02. The van der Waals surface area contributed by atoms with E-state index in [1.165, 1.54) is 56.4 Å². The first-order valence-corrected chi connectivity index (χ1v) is 11.5. The van der Waals surface area contributed by atoms with Crippen LogP contribution in [0.3, 0.4) is 0 Å². The molecule has 1 aliphatic heterocycles. The zero-order chi connectivity index (χ0) is 20.5. The second-order valence-corrected chi connectivity index (χ2v) is 8.92. The number of halogens is 1. The number of rotatable bonds is 8. The van der Waals surface area contributed by atoms with Gasteiger partial charge >= 0.3 is 0 Å². The van der Waals surface area contributed by atoms with Crippen LogP contribution >= 0.6 is 24.0 Å². The SMILES string of the molecule is CN=C(NCCCOC1CCCc2ccccc21)NC1CCN(CC(C)C)CC1.I. The van der Waals surface area contributed by atoms with Gasteiger partial charge in [-0.25, -0.2) is 0 Å². The number of hydrogen-bond acceptors (Lipinski definition) is 3. The Hall–Kier alpha value is -0.860. The number of nitrogens with zero attached hydrogens (tertiary/aromatic N) is 2. The maximum atomic E-state index is 6.21. The van der Waals surface area contributed by atoms with Crippen molar-refractivity contribution in [1.82, 2.24) is 15.5 Å². The van der Waals surface area contributed by atoms with Crippen LogP contribution in [0.5, 0.6) is 0 Å². The summed E-state index contributed by atoms with van der Waals surface area (Å²) in [6.07, 6.45) is 7.21.